The van der Waals surface area contributed by atoms with Crippen molar-refractivity contribution < 1.29 is 80.9 Å². The molecule has 17 nitrogen and oxygen atoms in total. The van der Waals surface area contributed by atoms with Gasteiger partial charge in [0.15, 0.2) is 48.2 Å². The van der Waals surface area contributed by atoms with Crippen LogP contribution >= 0.6 is 11.8 Å². The average molecular weight is 667 g/mol. The van der Waals surface area contributed by atoms with E-state index in [4.69, 9.17) is 47.4 Å². The second-order valence-electron chi connectivity index (χ2n) is 9.90. The van der Waals surface area contributed by atoms with Crippen LogP contribution in [-0.4, -0.2) is 122 Å². The summed E-state index contributed by atoms with van der Waals surface area (Å²) in [6.45, 7) is 7.32. The number of carbonyl (C=O) groups excluding carboxylic acids is 7. The molecule has 0 aromatic rings. The Kier molecular flexibility index (Phi) is 14.6. The largest absolute Gasteiger partial charge is 0.463 e. The van der Waals surface area contributed by atoms with E-state index in [0.29, 0.717) is 0 Å². The first-order valence-corrected chi connectivity index (χ1v) is 14.6. The molecule has 0 spiro atoms. The summed E-state index contributed by atoms with van der Waals surface area (Å²) in [6.07, 6.45) is -14.4. The normalized spacial score (nSPS) is 31.1. The minimum Gasteiger partial charge on any atom is -0.463 e. The van der Waals surface area contributed by atoms with Gasteiger partial charge in [-0.3, -0.25) is 33.6 Å². The van der Waals surface area contributed by atoms with E-state index in [9.17, 15) is 33.6 Å². The van der Waals surface area contributed by atoms with Gasteiger partial charge in [0.1, 0.15) is 24.9 Å². The van der Waals surface area contributed by atoms with Gasteiger partial charge in [0.25, 0.3) is 0 Å². The van der Waals surface area contributed by atoms with Crippen LogP contribution in [0.1, 0.15) is 48.5 Å². The molecule has 2 aliphatic heterocycles. The molecule has 0 radical (unpaired) electrons. The first kappa shape index (κ1) is 37.9. The van der Waals surface area contributed by atoms with E-state index < -0.39 is 104 Å². The van der Waals surface area contributed by atoms with Crippen LogP contribution in [0.15, 0.2) is 0 Å². The van der Waals surface area contributed by atoms with Crippen molar-refractivity contribution in [2.24, 2.45) is 0 Å². The lowest BCUT2D eigenvalue weighted by molar-refractivity contribution is -0.355. The maximum atomic E-state index is 12.3. The highest BCUT2D eigenvalue weighted by Gasteiger charge is 2.57. The Labute approximate surface area is 263 Å². The van der Waals surface area contributed by atoms with Crippen LogP contribution in [0.2, 0.25) is 0 Å². The molecular formula is C27H38O17S. The highest BCUT2D eigenvalue weighted by atomic mass is 32.2. The van der Waals surface area contributed by atoms with E-state index in [2.05, 4.69) is 0 Å². The van der Waals surface area contributed by atoms with Crippen LogP contribution in [0.4, 0.5) is 0 Å². The number of ether oxygens (including phenoxy) is 10. The molecule has 0 amide bonds. The molecule has 0 bridgehead atoms. The van der Waals surface area contributed by atoms with Gasteiger partial charge >= 0.3 is 35.8 Å². The maximum absolute atomic E-state index is 12.3. The van der Waals surface area contributed by atoms with Gasteiger partial charge in [-0.05, 0) is 0 Å². The van der Waals surface area contributed by atoms with E-state index >= 15 is 0 Å². The lowest BCUT2D eigenvalue weighted by Gasteiger charge is -2.48. The number of rotatable bonds is 12. The van der Waals surface area contributed by atoms with E-state index in [1.54, 1.807) is 0 Å². The average Bonchev–Trinajstić information content (AvgIpc) is 2.90. The summed E-state index contributed by atoms with van der Waals surface area (Å²) in [5.41, 5.74) is 0. The number of thioether (sulfide) groups is 1. The van der Waals surface area contributed by atoms with Crippen molar-refractivity contribution in [2.45, 2.75) is 110 Å². The highest BCUT2D eigenvalue weighted by Crippen LogP contribution is 2.36. The molecule has 0 aliphatic carbocycles. The predicted octanol–water partition coefficient (Wildman–Crippen LogP) is -0.0309. The molecule has 2 aliphatic rings. The third kappa shape index (κ3) is 11.5. The summed E-state index contributed by atoms with van der Waals surface area (Å²) >= 11 is 0.800. The number of carbonyl (C=O) groups is 7. The monoisotopic (exact) mass is 666 g/mol. The first-order valence-electron chi connectivity index (χ1n) is 13.7. The van der Waals surface area contributed by atoms with Crippen molar-refractivity contribution in [1.29, 1.82) is 0 Å². The summed E-state index contributed by atoms with van der Waals surface area (Å²) in [5, 5.41) is -0.323. The summed E-state index contributed by atoms with van der Waals surface area (Å²) in [7, 11) is 1.23. The van der Waals surface area contributed by atoms with Gasteiger partial charge in [0, 0.05) is 61.3 Å². The topological polar surface area (TPSA) is 212 Å². The van der Waals surface area contributed by atoms with Gasteiger partial charge in [0.2, 0.25) is 0 Å². The fourth-order valence-electron chi connectivity index (χ4n) is 4.66. The highest BCUT2D eigenvalue weighted by molar-refractivity contribution is 8.13. The van der Waals surface area contributed by atoms with Crippen molar-refractivity contribution in [3.63, 3.8) is 0 Å². The molecule has 10 atom stereocenters. The van der Waals surface area contributed by atoms with Gasteiger partial charge in [-0.25, -0.2) is 0 Å². The van der Waals surface area contributed by atoms with E-state index in [-0.39, 0.29) is 10.9 Å². The molecule has 18 heteroatoms. The SMILES string of the molecule is CO[C@@H]1O[C@H](COC(C)=O)[C@@H](O[C@@H]2O[C@H](CSC(C)=O)[C@H](OC(C)=O)[C@H](OC(C)=O)[C@H]2OC(C)=O)[C@H](OC(C)=O)[C@H]1OC(C)=O. The fraction of sp³-hybridized carbons (Fsp3) is 0.741. The molecule has 0 N–H and O–H groups in total. The van der Waals surface area contributed by atoms with Crippen molar-refractivity contribution in [3.05, 3.63) is 0 Å². The lowest BCUT2D eigenvalue weighted by atomic mass is 9.96. The van der Waals surface area contributed by atoms with Crippen LogP contribution < -0.4 is 0 Å². The minimum atomic E-state index is -1.69. The standard InChI is InChI=1S/C27H38O17S/c1-11(28)36-9-18-20(22(38-13(3)30)24(40-15(5)32)26(35-8)42-18)44-27-25(41-16(6)33)23(39-14(4)31)21(37-12(2)29)19(43-27)10-45-17(7)34/h18-27H,9-10H2,1-8H3/t18-,19-,20-,21+,22+,23+,24-,25-,26-,27+/m1/s1. The molecule has 0 unspecified atom stereocenters. The molecule has 2 rings (SSSR count). The first-order chi connectivity index (χ1) is 21.0. The summed E-state index contributed by atoms with van der Waals surface area (Å²) in [6, 6.07) is 0. The van der Waals surface area contributed by atoms with Gasteiger partial charge < -0.3 is 47.4 Å². The molecule has 0 saturated carbocycles. The predicted molar refractivity (Wildman–Crippen MR) is 147 cm³/mol. The zero-order valence-corrected chi connectivity index (χ0v) is 26.9. The van der Waals surface area contributed by atoms with Crippen molar-refractivity contribution in [3.8, 4) is 0 Å². The van der Waals surface area contributed by atoms with Gasteiger partial charge in [-0.2, -0.15) is 0 Å². The Morgan fingerprint density at radius 3 is 1.40 bits per heavy atom. The van der Waals surface area contributed by atoms with Gasteiger partial charge in [-0.15, -0.1) is 0 Å². The van der Waals surface area contributed by atoms with Crippen molar-refractivity contribution in [2.75, 3.05) is 19.5 Å². The van der Waals surface area contributed by atoms with Gasteiger partial charge in [-0.1, -0.05) is 11.8 Å². The van der Waals surface area contributed by atoms with Crippen molar-refractivity contribution >= 4 is 52.7 Å². The molecule has 0 aromatic carbocycles. The van der Waals surface area contributed by atoms with Crippen LogP contribution in [0.3, 0.4) is 0 Å². The van der Waals surface area contributed by atoms with E-state index in [0.717, 1.165) is 53.3 Å². The molecular weight excluding hydrogens is 628 g/mol. The molecule has 0 aromatic heterocycles. The Balaban J connectivity index is 2.69. The summed E-state index contributed by atoms with van der Waals surface area (Å²) in [5.74, 6) is -5.00. The van der Waals surface area contributed by atoms with Crippen LogP contribution in [0.25, 0.3) is 0 Å². The summed E-state index contributed by atoms with van der Waals surface area (Å²) in [4.78, 5) is 84.3. The second kappa shape index (κ2) is 17.4. The third-order valence-corrected chi connectivity index (χ3v) is 7.02. The van der Waals surface area contributed by atoms with Crippen LogP contribution in [0, 0.1) is 0 Å². The Morgan fingerprint density at radius 1 is 0.533 bits per heavy atom. The molecule has 2 saturated heterocycles. The third-order valence-electron chi connectivity index (χ3n) is 6.12. The second-order valence-corrected chi connectivity index (χ2v) is 11.1. The van der Waals surface area contributed by atoms with E-state index in [1.807, 2.05) is 0 Å². The summed E-state index contributed by atoms with van der Waals surface area (Å²) < 4.78 is 55.9. The Bertz CT molecular complexity index is 1110. The quantitative estimate of drug-likeness (QED) is 0.198. The molecule has 45 heavy (non-hydrogen) atoms. The number of hydrogen-bond donors (Lipinski definition) is 0. The Morgan fingerprint density at radius 2 is 0.956 bits per heavy atom. The lowest BCUT2D eigenvalue weighted by Crippen LogP contribution is -2.67. The zero-order chi connectivity index (χ0) is 34.0. The van der Waals surface area contributed by atoms with Crippen LogP contribution in [0.5, 0.6) is 0 Å². The number of methoxy groups -OCH3 is 1. The smallest absolute Gasteiger partial charge is 0.303 e. The van der Waals surface area contributed by atoms with Crippen molar-refractivity contribution in [1.82, 2.24) is 0 Å². The van der Waals surface area contributed by atoms with Gasteiger partial charge in [0.05, 0.1) is 0 Å². The molecule has 2 heterocycles. The zero-order valence-electron chi connectivity index (χ0n) is 26.0. The molecule has 254 valence electrons. The van der Waals surface area contributed by atoms with Crippen LogP contribution in [-0.2, 0) is 80.9 Å². The van der Waals surface area contributed by atoms with E-state index in [1.165, 1.54) is 14.0 Å². The minimum absolute atomic E-state index is 0.134. The molecule has 2 fully saturated rings. The Hall–Kier alpha value is -3.32. The maximum Gasteiger partial charge on any atom is 0.303 e. The number of hydrogen-bond acceptors (Lipinski definition) is 18. The number of esters is 6. The fourth-order valence-corrected chi connectivity index (χ4v) is 5.33.